The Morgan fingerprint density at radius 2 is 1.85 bits per heavy atom. The third-order valence-electron chi connectivity index (χ3n) is 6.20. The predicted molar refractivity (Wildman–Crippen MR) is 83.3 cm³/mol. The van der Waals surface area contributed by atoms with Crippen molar-refractivity contribution in [2.45, 2.75) is 71.8 Å². The quantitative estimate of drug-likeness (QED) is 0.859. The maximum absolute atomic E-state index is 13.1. The number of amides is 1. The van der Waals surface area contributed by atoms with Gasteiger partial charge < -0.3 is 10.6 Å². The second-order valence-electron chi connectivity index (χ2n) is 6.97. The monoisotopic (exact) mass is 280 g/mol. The topological polar surface area (TPSA) is 46.3 Å². The number of rotatable bonds is 4. The maximum atomic E-state index is 13.1. The van der Waals surface area contributed by atoms with Crippen molar-refractivity contribution in [1.29, 1.82) is 0 Å². The molecule has 3 atom stereocenters. The first kappa shape index (κ1) is 15.8. The molecule has 1 saturated heterocycles. The Balaban J connectivity index is 2.20. The van der Waals surface area contributed by atoms with Gasteiger partial charge in [-0.3, -0.25) is 4.79 Å². The van der Waals surface area contributed by atoms with Gasteiger partial charge in [0.15, 0.2) is 0 Å². The van der Waals surface area contributed by atoms with Crippen LogP contribution in [0.15, 0.2) is 0 Å². The Bertz CT molecular complexity index is 330. The minimum Gasteiger partial charge on any atom is -0.339 e. The normalized spacial score (nSPS) is 31.0. The average Bonchev–Trinajstić information content (AvgIpc) is 2.50. The van der Waals surface area contributed by atoms with Gasteiger partial charge in [-0.1, -0.05) is 33.6 Å². The molecule has 0 aromatic rings. The number of carbonyl (C=O) groups is 1. The number of hydrogen-bond acceptors (Lipinski definition) is 2. The molecule has 3 nitrogen and oxygen atoms in total. The van der Waals surface area contributed by atoms with Crippen LogP contribution in [0.4, 0.5) is 0 Å². The molecule has 1 heterocycles. The zero-order valence-corrected chi connectivity index (χ0v) is 13.5. The molecule has 1 amide bonds. The van der Waals surface area contributed by atoms with Crippen LogP contribution in [0.3, 0.4) is 0 Å². The second-order valence-corrected chi connectivity index (χ2v) is 6.97. The van der Waals surface area contributed by atoms with E-state index in [1.807, 2.05) is 0 Å². The van der Waals surface area contributed by atoms with E-state index in [0.717, 1.165) is 31.2 Å². The molecular formula is C17H32N2O. The fourth-order valence-electron chi connectivity index (χ4n) is 4.40. The van der Waals surface area contributed by atoms with Crippen LogP contribution in [0.1, 0.15) is 65.7 Å². The Morgan fingerprint density at radius 1 is 1.20 bits per heavy atom. The molecule has 1 saturated carbocycles. The Morgan fingerprint density at radius 3 is 2.45 bits per heavy atom. The molecule has 0 spiro atoms. The summed E-state index contributed by atoms with van der Waals surface area (Å²) in [6.45, 7) is 8.03. The molecule has 3 unspecified atom stereocenters. The molecule has 0 aromatic heterocycles. The lowest BCUT2D eigenvalue weighted by Crippen LogP contribution is -2.57. The number of piperidine rings is 1. The summed E-state index contributed by atoms with van der Waals surface area (Å²) in [6, 6.07) is 0.490. The van der Waals surface area contributed by atoms with E-state index in [9.17, 15) is 4.79 Å². The molecule has 20 heavy (non-hydrogen) atoms. The molecule has 0 radical (unpaired) electrons. The molecular weight excluding hydrogens is 248 g/mol. The van der Waals surface area contributed by atoms with E-state index in [4.69, 9.17) is 5.73 Å². The summed E-state index contributed by atoms with van der Waals surface area (Å²) < 4.78 is 0. The summed E-state index contributed by atoms with van der Waals surface area (Å²) in [5.74, 6) is 1.85. The van der Waals surface area contributed by atoms with Crippen LogP contribution in [0, 0.1) is 17.3 Å². The van der Waals surface area contributed by atoms with Crippen molar-refractivity contribution in [1.82, 2.24) is 4.90 Å². The van der Waals surface area contributed by atoms with Crippen molar-refractivity contribution < 1.29 is 4.79 Å². The summed E-state index contributed by atoms with van der Waals surface area (Å²) in [7, 11) is 0. The van der Waals surface area contributed by atoms with Crippen molar-refractivity contribution >= 4 is 5.91 Å². The largest absolute Gasteiger partial charge is 0.339 e. The minimum atomic E-state index is -0.317. The minimum absolute atomic E-state index is 0.317. The highest BCUT2D eigenvalue weighted by Gasteiger charge is 2.44. The lowest BCUT2D eigenvalue weighted by atomic mass is 9.71. The van der Waals surface area contributed by atoms with Crippen LogP contribution >= 0.6 is 0 Å². The molecule has 0 bridgehead atoms. The number of carbonyl (C=O) groups excluding carboxylic acids is 1. The van der Waals surface area contributed by atoms with Crippen LogP contribution in [0.2, 0.25) is 0 Å². The maximum Gasteiger partial charge on any atom is 0.230 e. The fourth-order valence-corrected chi connectivity index (χ4v) is 4.40. The zero-order chi connectivity index (χ0) is 14.8. The van der Waals surface area contributed by atoms with Crippen LogP contribution in [-0.2, 0) is 4.79 Å². The lowest BCUT2D eigenvalue weighted by Gasteiger charge is -2.50. The third kappa shape index (κ3) is 2.61. The highest BCUT2D eigenvalue weighted by Crippen LogP contribution is 2.41. The highest BCUT2D eigenvalue weighted by molar-refractivity contribution is 5.83. The molecule has 2 fully saturated rings. The van der Waals surface area contributed by atoms with Crippen LogP contribution in [0.25, 0.3) is 0 Å². The van der Waals surface area contributed by atoms with Gasteiger partial charge in [0.25, 0.3) is 0 Å². The van der Waals surface area contributed by atoms with Gasteiger partial charge in [-0.25, -0.2) is 0 Å². The number of likely N-dealkylation sites (tertiary alicyclic amines) is 1. The van der Waals surface area contributed by atoms with E-state index in [1.165, 1.54) is 32.1 Å². The van der Waals surface area contributed by atoms with Gasteiger partial charge in [0.1, 0.15) is 0 Å². The van der Waals surface area contributed by atoms with Crippen LogP contribution in [0.5, 0.6) is 0 Å². The second kappa shape index (κ2) is 6.46. The number of fused-ring (bicyclic) bond motifs is 1. The highest BCUT2D eigenvalue weighted by atomic mass is 16.2. The van der Waals surface area contributed by atoms with Gasteiger partial charge in [0.05, 0.1) is 5.41 Å². The summed E-state index contributed by atoms with van der Waals surface area (Å²) in [4.78, 5) is 15.3. The van der Waals surface area contributed by atoms with Gasteiger partial charge in [0.2, 0.25) is 5.91 Å². The molecule has 2 N–H and O–H groups in total. The number of hydrogen-bond donors (Lipinski definition) is 1. The smallest absolute Gasteiger partial charge is 0.230 e. The third-order valence-corrected chi connectivity index (χ3v) is 6.20. The van der Waals surface area contributed by atoms with E-state index >= 15 is 0 Å². The van der Waals surface area contributed by atoms with Crippen molar-refractivity contribution in [3.05, 3.63) is 0 Å². The fraction of sp³-hybridized carbons (Fsp3) is 0.941. The first-order valence-electron chi connectivity index (χ1n) is 8.60. The summed E-state index contributed by atoms with van der Waals surface area (Å²) >= 11 is 0. The lowest BCUT2D eigenvalue weighted by molar-refractivity contribution is -0.150. The van der Waals surface area contributed by atoms with E-state index in [-0.39, 0.29) is 5.41 Å². The van der Waals surface area contributed by atoms with Gasteiger partial charge in [-0.2, -0.15) is 0 Å². The molecule has 2 rings (SSSR count). The molecule has 3 heteroatoms. The molecule has 0 aromatic carbocycles. The Kier molecular flexibility index (Phi) is 5.11. The van der Waals surface area contributed by atoms with E-state index < -0.39 is 0 Å². The SMILES string of the molecule is CCC(CC)(CN)C(=O)N1CCC(C)C2CCCCC21. The molecule has 1 aliphatic heterocycles. The van der Waals surface area contributed by atoms with Crippen LogP contribution < -0.4 is 5.73 Å². The van der Waals surface area contributed by atoms with Crippen molar-refractivity contribution in [3.63, 3.8) is 0 Å². The Labute approximate surface area is 124 Å². The van der Waals surface area contributed by atoms with Gasteiger partial charge >= 0.3 is 0 Å². The molecule has 116 valence electrons. The number of nitrogens with zero attached hydrogens (tertiary/aromatic N) is 1. The first-order valence-corrected chi connectivity index (χ1v) is 8.60. The van der Waals surface area contributed by atoms with Crippen molar-refractivity contribution in [3.8, 4) is 0 Å². The van der Waals surface area contributed by atoms with Gasteiger partial charge in [0, 0.05) is 19.1 Å². The van der Waals surface area contributed by atoms with Gasteiger partial charge in [-0.15, -0.1) is 0 Å². The zero-order valence-electron chi connectivity index (χ0n) is 13.5. The van der Waals surface area contributed by atoms with Crippen LogP contribution in [-0.4, -0.2) is 29.9 Å². The molecule has 1 aliphatic carbocycles. The summed E-state index contributed by atoms with van der Waals surface area (Å²) in [6.07, 6.45) is 8.03. The molecule has 2 aliphatic rings. The average molecular weight is 280 g/mol. The van der Waals surface area contributed by atoms with E-state index in [2.05, 4.69) is 25.7 Å². The van der Waals surface area contributed by atoms with E-state index in [1.54, 1.807) is 0 Å². The first-order chi connectivity index (χ1) is 9.59. The standard InChI is InChI=1S/C17H32N2O/c1-4-17(5-2,12-18)16(20)19-11-10-13(3)14-8-6-7-9-15(14)19/h13-15H,4-12,18H2,1-3H3. The van der Waals surface area contributed by atoms with E-state index in [0.29, 0.717) is 18.5 Å². The number of nitrogens with two attached hydrogens (primary N) is 1. The van der Waals surface area contributed by atoms with Crippen molar-refractivity contribution in [2.24, 2.45) is 23.0 Å². The van der Waals surface area contributed by atoms with Gasteiger partial charge in [-0.05, 0) is 43.9 Å². The Hall–Kier alpha value is -0.570. The van der Waals surface area contributed by atoms with Crippen molar-refractivity contribution in [2.75, 3.05) is 13.1 Å². The summed E-state index contributed by atoms with van der Waals surface area (Å²) in [5, 5.41) is 0. The predicted octanol–water partition coefficient (Wildman–Crippen LogP) is 3.18. The summed E-state index contributed by atoms with van der Waals surface area (Å²) in [5.41, 5.74) is 5.67.